The van der Waals surface area contributed by atoms with Crippen molar-refractivity contribution in [3.63, 3.8) is 0 Å². The van der Waals surface area contributed by atoms with Crippen LogP contribution in [-0.2, 0) is 17.5 Å². The Kier molecular flexibility index (Phi) is 8.19. The van der Waals surface area contributed by atoms with Crippen LogP contribution in [-0.4, -0.2) is 64.9 Å². The van der Waals surface area contributed by atoms with E-state index in [0.29, 0.717) is 29.6 Å². The standard InChI is InChI=1S/C32H30F3N5O4/c1-39-13-15-40(16-14-39)19-22-7-8-24(18-27(22)32(33,34)35)44-30(42)26-4-2-3-21-17-23(9-10-25(21)26)43-28-11-12-36-31(37-28)38-29(41)20-5-6-20/h2-4,7-12,17-18,20H,5-6,13-16,19H2,1H3,(H,36,37,38,41). The number of rotatable bonds is 8. The van der Waals surface area contributed by atoms with Crippen LogP contribution in [0.15, 0.2) is 66.9 Å². The largest absolute Gasteiger partial charge is 0.439 e. The van der Waals surface area contributed by atoms with Crippen molar-refractivity contribution in [1.29, 1.82) is 0 Å². The van der Waals surface area contributed by atoms with Crippen LogP contribution >= 0.6 is 0 Å². The van der Waals surface area contributed by atoms with E-state index in [9.17, 15) is 22.8 Å². The van der Waals surface area contributed by atoms with Gasteiger partial charge in [-0.3, -0.25) is 15.0 Å². The smallest absolute Gasteiger partial charge is 0.416 e. The molecule has 2 fully saturated rings. The summed E-state index contributed by atoms with van der Waals surface area (Å²) in [7, 11) is 1.98. The van der Waals surface area contributed by atoms with Gasteiger partial charge in [0, 0.05) is 50.9 Å². The molecule has 4 aromatic rings. The van der Waals surface area contributed by atoms with Crippen molar-refractivity contribution in [3.05, 3.63) is 83.6 Å². The minimum atomic E-state index is -4.60. The normalized spacial score (nSPS) is 16.1. The van der Waals surface area contributed by atoms with E-state index in [1.165, 1.54) is 18.3 Å². The summed E-state index contributed by atoms with van der Waals surface area (Å²) in [6.45, 7) is 3.10. The average molecular weight is 606 g/mol. The molecule has 0 radical (unpaired) electrons. The zero-order chi connectivity index (χ0) is 30.8. The summed E-state index contributed by atoms with van der Waals surface area (Å²) in [5, 5.41) is 3.86. The van der Waals surface area contributed by atoms with Gasteiger partial charge in [0.2, 0.25) is 17.7 Å². The van der Waals surface area contributed by atoms with Crippen LogP contribution in [0, 0.1) is 5.92 Å². The van der Waals surface area contributed by atoms with Crippen LogP contribution in [0.1, 0.15) is 34.3 Å². The number of esters is 1. The predicted molar refractivity (Wildman–Crippen MR) is 157 cm³/mol. The molecule has 0 spiro atoms. The Morgan fingerprint density at radius 2 is 1.75 bits per heavy atom. The van der Waals surface area contributed by atoms with Crippen molar-refractivity contribution >= 4 is 28.6 Å². The molecule has 1 N–H and O–H groups in total. The number of aromatic nitrogens is 2. The number of halogens is 3. The van der Waals surface area contributed by atoms with Gasteiger partial charge in [0.05, 0.1) is 11.1 Å². The first-order valence-corrected chi connectivity index (χ1v) is 14.3. The molecule has 1 aliphatic carbocycles. The molecular formula is C32H30F3N5O4. The maximum atomic E-state index is 14.0. The van der Waals surface area contributed by atoms with Crippen LogP contribution in [0.3, 0.4) is 0 Å². The molecule has 1 aromatic heterocycles. The third kappa shape index (κ3) is 6.98. The van der Waals surface area contributed by atoms with Crippen LogP contribution < -0.4 is 14.8 Å². The third-order valence-electron chi connectivity index (χ3n) is 7.69. The van der Waals surface area contributed by atoms with Gasteiger partial charge in [0.25, 0.3) is 0 Å². The topological polar surface area (TPSA) is 96.9 Å². The first-order chi connectivity index (χ1) is 21.1. The van der Waals surface area contributed by atoms with Crippen molar-refractivity contribution in [2.75, 3.05) is 38.5 Å². The number of nitrogens with zero attached hydrogens (tertiary/aromatic N) is 4. The van der Waals surface area contributed by atoms with Gasteiger partial charge in [0.15, 0.2) is 0 Å². The number of hydrogen-bond acceptors (Lipinski definition) is 8. The molecule has 6 rings (SSSR count). The lowest BCUT2D eigenvalue weighted by Crippen LogP contribution is -2.44. The number of amides is 1. The van der Waals surface area contributed by atoms with E-state index >= 15 is 0 Å². The minimum Gasteiger partial charge on any atom is -0.439 e. The number of nitrogens with one attached hydrogen (secondary N) is 1. The maximum Gasteiger partial charge on any atom is 0.416 e. The number of carbonyl (C=O) groups excluding carboxylic acids is 2. The van der Waals surface area contributed by atoms with E-state index in [-0.39, 0.29) is 47.1 Å². The minimum absolute atomic E-state index is 0.00256. The van der Waals surface area contributed by atoms with Gasteiger partial charge in [-0.15, -0.1) is 0 Å². The van der Waals surface area contributed by atoms with Gasteiger partial charge in [-0.2, -0.15) is 18.2 Å². The molecule has 228 valence electrons. The third-order valence-corrected chi connectivity index (χ3v) is 7.69. The number of benzene rings is 3. The summed E-state index contributed by atoms with van der Waals surface area (Å²) < 4.78 is 53.4. The maximum absolute atomic E-state index is 14.0. The first kappa shape index (κ1) is 29.5. The molecule has 44 heavy (non-hydrogen) atoms. The molecule has 0 bridgehead atoms. The fourth-order valence-electron chi connectivity index (χ4n) is 5.07. The molecule has 1 saturated carbocycles. The molecular weight excluding hydrogens is 575 g/mol. The summed E-state index contributed by atoms with van der Waals surface area (Å²) in [6.07, 6.45) is -1.42. The molecule has 12 heteroatoms. The molecule has 0 unspecified atom stereocenters. The lowest BCUT2D eigenvalue weighted by Gasteiger charge is -2.32. The van der Waals surface area contributed by atoms with Crippen molar-refractivity contribution in [2.45, 2.75) is 25.6 Å². The number of ether oxygens (including phenoxy) is 2. The van der Waals surface area contributed by atoms with E-state index in [0.717, 1.165) is 32.0 Å². The van der Waals surface area contributed by atoms with Crippen LogP contribution in [0.25, 0.3) is 10.8 Å². The van der Waals surface area contributed by atoms with Crippen LogP contribution in [0.2, 0.25) is 0 Å². The Hall–Kier alpha value is -4.55. The second-order valence-corrected chi connectivity index (χ2v) is 11.1. The van der Waals surface area contributed by atoms with Crippen LogP contribution in [0.5, 0.6) is 17.4 Å². The number of piperazine rings is 1. The molecule has 2 heterocycles. The number of likely N-dealkylation sites (N-methyl/N-ethyl adjacent to an activating group) is 1. The highest BCUT2D eigenvalue weighted by molar-refractivity contribution is 6.05. The second kappa shape index (κ2) is 12.2. The summed E-state index contributed by atoms with van der Waals surface area (Å²) in [5.74, 6) is -0.298. The second-order valence-electron chi connectivity index (χ2n) is 11.1. The predicted octanol–water partition coefficient (Wildman–Crippen LogP) is 5.76. The Balaban J connectivity index is 1.17. The zero-order valence-corrected chi connectivity index (χ0v) is 23.9. The highest BCUT2D eigenvalue weighted by Crippen LogP contribution is 2.36. The monoisotopic (exact) mass is 605 g/mol. The lowest BCUT2D eigenvalue weighted by atomic mass is 10.0. The lowest BCUT2D eigenvalue weighted by molar-refractivity contribution is -0.138. The Morgan fingerprint density at radius 1 is 0.977 bits per heavy atom. The molecule has 1 aliphatic heterocycles. The quantitative estimate of drug-likeness (QED) is 0.200. The molecule has 1 amide bonds. The fourth-order valence-corrected chi connectivity index (χ4v) is 5.07. The van der Waals surface area contributed by atoms with E-state index in [2.05, 4.69) is 20.2 Å². The molecule has 1 saturated heterocycles. The Labute approximate surface area is 251 Å². The summed E-state index contributed by atoms with van der Waals surface area (Å²) in [4.78, 5) is 37.6. The Morgan fingerprint density at radius 3 is 2.50 bits per heavy atom. The molecule has 3 aromatic carbocycles. The average Bonchev–Trinajstić information content (AvgIpc) is 3.84. The van der Waals surface area contributed by atoms with Gasteiger partial charge in [-0.1, -0.05) is 18.2 Å². The summed E-state index contributed by atoms with van der Waals surface area (Å²) in [6, 6.07) is 15.2. The highest BCUT2D eigenvalue weighted by Gasteiger charge is 2.35. The van der Waals surface area contributed by atoms with Crippen molar-refractivity contribution in [2.24, 2.45) is 5.92 Å². The summed E-state index contributed by atoms with van der Waals surface area (Å²) >= 11 is 0. The number of anilines is 1. The van der Waals surface area contributed by atoms with Gasteiger partial charge in [-0.05, 0) is 72.6 Å². The number of alkyl halides is 3. The number of hydrogen-bond donors (Lipinski definition) is 1. The van der Waals surface area contributed by atoms with Gasteiger partial charge in [0.1, 0.15) is 11.5 Å². The van der Waals surface area contributed by atoms with Gasteiger partial charge < -0.3 is 14.4 Å². The van der Waals surface area contributed by atoms with E-state index in [4.69, 9.17) is 9.47 Å². The molecule has 2 aliphatic rings. The van der Waals surface area contributed by atoms with Crippen LogP contribution in [0.4, 0.5) is 19.1 Å². The summed E-state index contributed by atoms with van der Waals surface area (Å²) in [5.41, 5.74) is -0.488. The fraction of sp³-hybridized carbons (Fsp3) is 0.312. The van der Waals surface area contributed by atoms with E-state index < -0.39 is 17.7 Å². The van der Waals surface area contributed by atoms with Crippen molar-refractivity contribution in [3.8, 4) is 17.4 Å². The molecule has 0 atom stereocenters. The zero-order valence-electron chi connectivity index (χ0n) is 23.9. The highest BCUT2D eigenvalue weighted by atomic mass is 19.4. The van der Waals surface area contributed by atoms with Crippen molar-refractivity contribution in [1.82, 2.24) is 19.8 Å². The van der Waals surface area contributed by atoms with E-state index in [1.54, 1.807) is 42.5 Å². The van der Waals surface area contributed by atoms with Crippen molar-refractivity contribution < 1.29 is 32.2 Å². The molecule has 9 nitrogen and oxygen atoms in total. The van der Waals surface area contributed by atoms with E-state index in [1.807, 2.05) is 11.9 Å². The SMILES string of the molecule is CN1CCN(Cc2ccc(OC(=O)c3cccc4cc(Oc5ccnc(NC(=O)C6CC6)n5)ccc34)cc2C(F)(F)F)CC1. The Bertz CT molecular complexity index is 1700. The first-order valence-electron chi connectivity index (χ1n) is 14.3. The number of fused-ring (bicyclic) bond motifs is 1. The number of carbonyl (C=O) groups is 2. The van der Waals surface area contributed by atoms with Gasteiger partial charge >= 0.3 is 12.1 Å². The van der Waals surface area contributed by atoms with Gasteiger partial charge in [-0.25, -0.2) is 9.78 Å².